The Balaban J connectivity index is 1.66. The van der Waals surface area contributed by atoms with E-state index in [2.05, 4.69) is 20.8 Å². The predicted molar refractivity (Wildman–Crippen MR) is 129 cm³/mol. The van der Waals surface area contributed by atoms with Crippen LogP contribution >= 0.6 is 35.0 Å². The fourth-order valence-corrected chi connectivity index (χ4v) is 4.32. The van der Waals surface area contributed by atoms with E-state index in [-0.39, 0.29) is 22.4 Å². The topological polar surface area (TPSA) is 88.9 Å². The van der Waals surface area contributed by atoms with Crippen LogP contribution in [0.4, 0.5) is 18.9 Å². The van der Waals surface area contributed by atoms with E-state index >= 15 is 0 Å². The van der Waals surface area contributed by atoms with Gasteiger partial charge in [0.05, 0.1) is 38.7 Å². The van der Waals surface area contributed by atoms with Gasteiger partial charge in [-0.3, -0.25) is 9.59 Å². The van der Waals surface area contributed by atoms with Gasteiger partial charge in [-0.05, 0) is 44.2 Å². The maximum atomic E-state index is 12.9. The lowest BCUT2D eigenvalue weighted by Crippen LogP contribution is -2.29. The van der Waals surface area contributed by atoms with E-state index in [0.29, 0.717) is 28.1 Å². The van der Waals surface area contributed by atoms with Crippen LogP contribution < -0.4 is 10.6 Å². The maximum Gasteiger partial charge on any atom is 0.416 e. The zero-order valence-corrected chi connectivity index (χ0v) is 20.8. The van der Waals surface area contributed by atoms with E-state index in [9.17, 15) is 22.8 Å². The number of hydrogen-bond acceptors (Lipinski definition) is 5. The van der Waals surface area contributed by atoms with E-state index in [1.165, 1.54) is 0 Å². The lowest BCUT2D eigenvalue weighted by Gasteiger charge is -2.15. The Morgan fingerprint density at radius 3 is 2.49 bits per heavy atom. The molecule has 0 spiro atoms. The summed E-state index contributed by atoms with van der Waals surface area (Å²) in [6.45, 7) is 4.04. The first-order valence-electron chi connectivity index (χ1n) is 10.3. The second kappa shape index (κ2) is 11.3. The minimum atomic E-state index is -4.56. The maximum absolute atomic E-state index is 12.9. The molecule has 1 aromatic heterocycles. The van der Waals surface area contributed by atoms with E-state index in [1.54, 1.807) is 35.8 Å². The van der Waals surface area contributed by atoms with Crippen molar-refractivity contribution in [3.05, 3.63) is 69.5 Å². The van der Waals surface area contributed by atoms with Crippen LogP contribution in [0.3, 0.4) is 0 Å². The van der Waals surface area contributed by atoms with Crippen molar-refractivity contribution in [2.24, 2.45) is 0 Å². The highest BCUT2D eigenvalue weighted by atomic mass is 35.5. The van der Waals surface area contributed by atoms with Gasteiger partial charge in [0.2, 0.25) is 5.91 Å². The summed E-state index contributed by atoms with van der Waals surface area (Å²) in [4.78, 5) is 24.9. The molecule has 0 aliphatic carbocycles. The Hall–Kier alpha value is -2.76. The minimum Gasteiger partial charge on any atom is -0.342 e. The standard InChI is InChI=1S/C22H20Cl2F3N5O2S/c1-3-32-19(12(2)28-20(34)14-6-4-5-7-15(14)23)30-31-21(32)35-11-18(33)29-17-10-13(22(25,26)27)8-9-16(17)24/h4-10,12H,3,11H2,1-2H3,(H,28,34)(H,29,33)/t12-/m0/s1. The second-order valence-corrected chi connectivity index (χ2v) is 9.05. The predicted octanol–water partition coefficient (Wildman–Crippen LogP) is 5.85. The molecular formula is C22H20Cl2F3N5O2S. The first-order chi connectivity index (χ1) is 16.5. The van der Waals surface area contributed by atoms with Crippen LogP contribution in [0.1, 0.15) is 41.6 Å². The van der Waals surface area contributed by atoms with Gasteiger partial charge in [0.25, 0.3) is 5.91 Å². The molecule has 1 atom stereocenters. The average molecular weight is 546 g/mol. The highest BCUT2D eigenvalue weighted by Gasteiger charge is 2.31. The second-order valence-electron chi connectivity index (χ2n) is 7.29. The van der Waals surface area contributed by atoms with Crippen molar-refractivity contribution in [3.8, 4) is 0 Å². The van der Waals surface area contributed by atoms with Crippen molar-refractivity contribution in [1.82, 2.24) is 20.1 Å². The average Bonchev–Trinajstić information content (AvgIpc) is 3.21. The highest BCUT2D eigenvalue weighted by molar-refractivity contribution is 7.99. The molecule has 2 aromatic carbocycles. The van der Waals surface area contributed by atoms with Gasteiger partial charge in [-0.15, -0.1) is 10.2 Å². The number of carbonyl (C=O) groups excluding carboxylic acids is 2. The first-order valence-corrected chi connectivity index (χ1v) is 12.0. The van der Waals surface area contributed by atoms with Gasteiger partial charge in [0.15, 0.2) is 11.0 Å². The lowest BCUT2D eigenvalue weighted by atomic mass is 10.2. The summed E-state index contributed by atoms with van der Waals surface area (Å²) >= 11 is 13.1. The monoisotopic (exact) mass is 545 g/mol. The molecule has 3 aromatic rings. The van der Waals surface area contributed by atoms with E-state index in [1.807, 2.05) is 6.92 Å². The highest BCUT2D eigenvalue weighted by Crippen LogP contribution is 2.34. The normalized spacial score (nSPS) is 12.3. The summed E-state index contributed by atoms with van der Waals surface area (Å²) in [7, 11) is 0. The quantitative estimate of drug-likeness (QED) is 0.347. The molecule has 2 N–H and O–H groups in total. The Labute approximate surface area is 213 Å². The molecule has 0 bridgehead atoms. The van der Waals surface area contributed by atoms with Gasteiger partial charge >= 0.3 is 6.18 Å². The number of nitrogens with one attached hydrogen (secondary N) is 2. The molecule has 0 aliphatic heterocycles. The van der Waals surface area contributed by atoms with Crippen molar-refractivity contribution < 1.29 is 22.8 Å². The number of thioether (sulfide) groups is 1. The number of carbonyl (C=O) groups is 2. The fraction of sp³-hybridized carbons (Fsp3) is 0.273. The number of anilines is 1. The molecule has 35 heavy (non-hydrogen) atoms. The number of benzene rings is 2. The van der Waals surface area contributed by atoms with Crippen LogP contribution in [0.2, 0.25) is 10.0 Å². The number of nitrogens with zero attached hydrogens (tertiary/aromatic N) is 3. The molecule has 0 aliphatic rings. The van der Waals surface area contributed by atoms with Crippen LogP contribution in [0.5, 0.6) is 0 Å². The molecule has 0 unspecified atom stereocenters. The number of hydrogen-bond donors (Lipinski definition) is 2. The third-order valence-electron chi connectivity index (χ3n) is 4.82. The molecule has 13 heteroatoms. The van der Waals surface area contributed by atoms with Gasteiger partial charge < -0.3 is 15.2 Å². The van der Waals surface area contributed by atoms with E-state index < -0.39 is 23.7 Å². The molecule has 186 valence electrons. The van der Waals surface area contributed by atoms with Gasteiger partial charge in [-0.2, -0.15) is 13.2 Å². The smallest absolute Gasteiger partial charge is 0.342 e. The van der Waals surface area contributed by atoms with Gasteiger partial charge in [0, 0.05) is 6.54 Å². The Kier molecular flexibility index (Phi) is 8.68. The largest absolute Gasteiger partial charge is 0.416 e. The molecule has 1 heterocycles. The molecule has 0 radical (unpaired) electrons. The van der Waals surface area contributed by atoms with Crippen molar-refractivity contribution in [2.75, 3.05) is 11.1 Å². The number of aromatic nitrogens is 3. The summed E-state index contributed by atoms with van der Waals surface area (Å²) in [5, 5.41) is 14.2. The molecule has 3 rings (SSSR count). The van der Waals surface area contributed by atoms with Crippen molar-refractivity contribution in [2.45, 2.75) is 37.8 Å². The Morgan fingerprint density at radius 2 is 1.83 bits per heavy atom. The lowest BCUT2D eigenvalue weighted by molar-refractivity contribution is -0.137. The molecule has 0 saturated heterocycles. The number of amides is 2. The third kappa shape index (κ3) is 6.68. The van der Waals surface area contributed by atoms with Gasteiger partial charge in [0.1, 0.15) is 0 Å². The Bertz CT molecular complexity index is 1240. The van der Waals surface area contributed by atoms with Gasteiger partial charge in [-0.1, -0.05) is 47.1 Å². The summed E-state index contributed by atoms with van der Waals surface area (Å²) in [5.74, 6) is -0.619. The van der Waals surface area contributed by atoms with Crippen LogP contribution in [-0.4, -0.2) is 32.3 Å². The van der Waals surface area contributed by atoms with Crippen LogP contribution in [0.15, 0.2) is 47.6 Å². The van der Waals surface area contributed by atoms with Crippen LogP contribution in [0.25, 0.3) is 0 Å². The number of halogens is 5. The van der Waals surface area contributed by atoms with Crippen molar-refractivity contribution in [3.63, 3.8) is 0 Å². The zero-order valence-electron chi connectivity index (χ0n) is 18.5. The SMILES string of the molecule is CCn1c(SCC(=O)Nc2cc(C(F)(F)F)ccc2Cl)nnc1[C@H](C)NC(=O)c1ccccc1Cl. The van der Waals surface area contributed by atoms with Crippen molar-refractivity contribution in [1.29, 1.82) is 0 Å². The molecule has 7 nitrogen and oxygen atoms in total. The summed E-state index contributed by atoms with van der Waals surface area (Å²) < 4.78 is 40.6. The molecular weight excluding hydrogens is 526 g/mol. The van der Waals surface area contributed by atoms with Gasteiger partial charge in [-0.25, -0.2) is 0 Å². The number of alkyl halides is 3. The minimum absolute atomic E-state index is 0.0153. The summed E-state index contributed by atoms with van der Waals surface area (Å²) in [6.07, 6.45) is -4.56. The molecule has 0 saturated carbocycles. The van der Waals surface area contributed by atoms with E-state index in [0.717, 1.165) is 30.0 Å². The first kappa shape index (κ1) is 26.8. The fourth-order valence-electron chi connectivity index (χ4n) is 3.12. The van der Waals surface area contributed by atoms with Crippen LogP contribution in [-0.2, 0) is 17.5 Å². The Morgan fingerprint density at radius 1 is 1.11 bits per heavy atom. The van der Waals surface area contributed by atoms with Crippen molar-refractivity contribution >= 4 is 52.5 Å². The summed E-state index contributed by atoms with van der Waals surface area (Å²) in [6, 6.07) is 8.81. The van der Waals surface area contributed by atoms with Crippen LogP contribution in [0, 0.1) is 0 Å². The molecule has 2 amide bonds. The zero-order chi connectivity index (χ0) is 25.8. The summed E-state index contributed by atoms with van der Waals surface area (Å²) in [5.41, 5.74) is -0.739. The third-order valence-corrected chi connectivity index (χ3v) is 6.44. The number of rotatable bonds is 8. The molecule has 0 fully saturated rings. The van der Waals surface area contributed by atoms with E-state index in [4.69, 9.17) is 23.2 Å².